The summed E-state index contributed by atoms with van der Waals surface area (Å²) in [5.41, 5.74) is 3.44. The molecule has 0 aromatic heterocycles. The van der Waals surface area contributed by atoms with Crippen LogP contribution < -0.4 is 15.4 Å². The minimum Gasteiger partial charge on any atom is -0.496 e. The van der Waals surface area contributed by atoms with E-state index < -0.39 is 0 Å². The molecule has 0 bridgehead atoms. The number of methoxy groups -OCH3 is 1. The number of anilines is 1. The van der Waals surface area contributed by atoms with Gasteiger partial charge in [-0.3, -0.25) is 0 Å². The SMILES string of the molecule is COc1ccccc1[C@@H](CNC(=S)Nc1ccc(C(C)C)cc1)N(C)C. The van der Waals surface area contributed by atoms with Gasteiger partial charge in [-0.05, 0) is 56.0 Å². The van der Waals surface area contributed by atoms with Gasteiger partial charge in [0.15, 0.2) is 5.11 Å². The van der Waals surface area contributed by atoms with E-state index in [4.69, 9.17) is 17.0 Å². The predicted octanol–water partition coefficient (Wildman–Crippen LogP) is 4.41. The Kier molecular flexibility index (Phi) is 7.42. The van der Waals surface area contributed by atoms with E-state index in [1.165, 1.54) is 5.56 Å². The van der Waals surface area contributed by atoms with E-state index in [0.29, 0.717) is 17.6 Å². The highest BCUT2D eigenvalue weighted by atomic mass is 32.1. The second-order valence-corrected chi connectivity index (χ2v) is 7.24. The average Bonchev–Trinajstić information content (AvgIpc) is 2.62. The average molecular weight is 372 g/mol. The van der Waals surface area contributed by atoms with Crippen molar-refractivity contribution in [3.05, 3.63) is 59.7 Å². The molecule has 2 aromatic carbocycles. The maximum absolute atomic E-state index is 5.51. The van der Waals surface area contributed by atoms with Gasteiger partial charge in [-0.2, -0.15) is 0 Å². The molecule has 0 saturated carbocycles. The standard InChI is InChI=1S/C21H29N3OS/c1-15(2)16-10-12-17(13-11-16)23-21(26)22-14-19(24(3)4)18-8-6-7-9-20(18)25-5/h6-13,15,19H,14H2,1-5H3,(H2,22,23,26)/t19-/m1/s1. The minimum absolute atomic E-state index is 0.147. The summed E-state index contributed by atoms with van der Waals surface area (Å²) < 4.78 is 5.51. The first-order valence-electron chi connectivity index (χ1n) is 8.86. The number of nitrogens with one attached hydrogen (secondary N) is 2. The van der Waals surface area contributed by atoms with Crippen LogP contribution in [-0.4, -0.2) is 37.8 Å². The molecular weight excluding hydrogens is 342 g/mol. The maximum atomic E-state index is 5.51. The highest BCUT2D eigenvalue weighted by molar-refractivity contribution is 7.80. The molecule has 4 nitrogen and oxygen atoms in total. The molecule has 0 amide bonds. The summed E-state index contributed by atoms with van der Waals surface area (Å²) in [5, 5.41) is 7.19. The fourth-order valence-corrected chi connectivity index (χ4v) is 3.03. The van der Waals surface area contributed by atoms with E-state index >= 15 is 0 Å². The fourth-order valence-electron chi connectivity index (χ4n) is 2.83. The largest absolute Gasteiger partial charge is 0.496 e. The Labute approximate surface area is 162 Å². The Balaban J connectivity index is 1.99. The Morgan fingerprint density at radius 3 is 2.31 bits per heavy atom. The third-order valence-electron chi connectivity index (χ3n) is 4.41. The third kappa shape index (κ3) is 5.44. The summed E-state index contributed by atoms with van der Waals surface area (Å²) in [6.07, 6.45) is 0. The molecule has 140 valence electrons. The molecule has 0 unspecified atom stereocenters. The predicted molar refractivity (Wildman–Crippen MR) is 114 cm³/mol. The van der Waals surface area contributed by atoms with Crippen molar-refractivity contribution in [1.82, 2.24) is 10.2 Å². The maximum Gasteiger partial charge on any atom is 0.170 e. The van der Waals surface area contributed by atoms with Gasteiger partial charge >= 0.3 is 0 Å². The van der Waals surface area contributed by atoms with Gasteiger partial charge < -0.3 is 20.3 Å². The normalized spacial score (nSPS) is 12.1. The van der Waals surface area contributed by atoms with Crippen molar-refractivity contribution in [1.29, 1.82) is 0 Å². The molecule has 0 saturated heterocycles. The summed E-state index contributed by atoms with van der Waals surface area (Å²) in [5.74, 6) is 1.41. The van der Waals surface area contributed by atoms with Crippen LogP contribution in [0.15, 0.2) is 48.5 Å². The van der Waals surface area contributed by atoms with Crippen LogP contribution in [0.2, 0.25) is 0 Å². The smallest absolute Gasteiger partial charge is 0.170 e. The van der Waals surface area contributed by atoms with Crippen molar-refractivity contribution < 1.29 is 4.74 Å². The molecule has 0 aliphatic carbocycles. The zero-order valence-corrected chi connectivity index (χ0v) is 17.1. The number of thiocarbonyl (C=S) groups is 1. The topological polar surface area (TPSA) is 36.5 Å². The molecule has 2 rings (SSSR count). The number of benzene rings is 2. The Hall–Kier alpha value is -2.11. The van der Waals surface area contributed by atoms with Gasteiger partial charge in [0.25, 0.3) is 0 Å². The van der Waals surface area contributed by atoms with E-state index in [-0.39, 0.29) is 6.04 Å². The van der Waals surface area contributed by atoms with E-state index in [1.54, 1.807) is 7.11 Å². The number of ether oxygens (including phenoxy) is 1. The minimum atomic E-state index is 0.147. The van der Waals surface area contributed by atoms with E-state index in [2.05, 4.69) is 73.8 Å². The lowest BCUT2D eigenvalue weighted by atomic mass is 10.0. The number of hydrogen-bond donors (Lipinski definition) is 2. The Bertz CT molecular complexity index is 713. The molecule has 0 aliphatic heterocycles. The fraction of sp³-hybridized carbons (Fsp3) is 0.381. The third-order valence-corrected chi connectivity index (χ3v) is 4.66. The zero-order chi connectivity index (χ0) is 19.1. The lowest BCUT2D eigenvalue weighted by Gasteiger charge is -2.27. The van der Waals surface area contributed by atoms with Crippen molar-refractivity contribution >= 4 is 23.0 Å². The number of nitrogens with zero attached hydrogens (tertiary/aromatic N) is 1. The van der Waals surface area contributed by atoms with Crippen molar-refractivity contribution in [2.45, 2.75) is 25.8 Å². The number of rotatable bonds is 7. The van der Waals surface area contributed by atoms with Crippen molar-refractivity contribution in [2.75, 3.05) is 33.1 Å². The molecule has 1 atom stereocenters. The lowest BCUT2D eigenvalue weighted by molar-refractivity contribution is 0.288. The molecule has 0 aliphatic rings. The van der Waals surface area contributed by atoms with Gasteiger partial charge in [0.05, 0.1) is 13.2 Å². The summed E-state index contributed by atoms with van der Waals surface area (Å²) in [6, 6.07) is 16.6. The van der Waals surface area contributed by atoms with Crippen molar-refractivity contribution in [3.63, 3.8) is 0 Å². The second kappa shape index (κ2) is 9.55. The molecule has 5 heteroatoms. The molecule has 0 spiro atoms. The van der Waals surface area contributed by atoms with Crippen LogP contribution >= 0.6 is 12.2 Å². The number of hydrogen-bond acceptors (Lipinski definition) is 3. The van der Waals surface area contributed by atoms with Crippen LogP contribution in [0, 0.1) is 0 Å². The quantitative estimate of drug-likeness (QED) is 0.705. The second-order valence-electron chi connectivity index (χ2n) is 6.83. The van der Waals surface area contributed by atoms with Crippen LogP contribution in [0.3, 0.4) is 0 Å². The van der Waals surface area contributed by atoms with Crippen molar-refractivity contribution in [2.24, 2.45) is 0 Å². The first-order chi connectivity index (χ1) is 12.4. The van der Waals surface area contributed by atoms with Crippen LogP contribution in [0.4, 0.5) is 5.69 Å². The van der Waals surface area contributed by atoms with Gasteiger partial charge in [-0.15, -0.1) is 0 Å². The van der Waals surface area contributed by atoms with Gasteiger partial charge in [-0.25, -0.2) is 0 Å². The van der Waals surface area contributed by atoms with Gasteiger partial charge in [0.2, 0.25) is 0 Å². The molecule has 0 radical (unpaired) electrons. The molecule has 0 fully saturated rings. The molecule has 0 heterocycles. The van der Waals surface area contributed by atoms with E-state index in [0.717, 1.165) is 17.0 Å². The summed E-state index contributed by atoms with van der Waals surface area (Å²) in [7, 11) is 5.81. The molecule has 26 heavy (non-hydrogen) atoms. The first kappa shape index (κ1) is 20.2. The van der Waals surface area contributed by atoms with Crippen LogP contribution in [0.25, 0.3) is 0 Å². The summed E-state index contributed by atoms with van der Waals surface area (Å²) >= 11 is 5.46. The Morgan fingerprint density at radius 2 is 1.73 bits per heavy atom. The first-order valence-corrected chi connectivity index (χ1v) is 9.27. The monoisotopic (exact) mass is 371 g/mol. The lowest BCUT2D eigenvalue weighted by Crippen LogP contribution is -2.36. The highest BCUT2D eigenvalue weighted by Gasteiger charge is 2.18. The molecule has 2 aromatic rings. The highest BCUT2D eigenvalue weighted by Crippen LogP contribution is 2.27. The number of para-hydroxylation sites is 1. The van der Waals surface area contributed by atoms with Crippen LogP contribution in [0.5, 0.6) is 5.75 Å². The van der Waals surface area contributed by atoms with E-state index in [9.17, 15) is 0 Å². The summed E-state index contributed by atoms with van der Waals surface area (Å²) in [6.45, 7) is 5.06. The Morgan fingerprint density at radius 1 is 1.08 bits per heavy atom. The van der Waals surface area contributed by atoms with E-state index in [1.807, 2.05) is 18.2 Å². The van der Waals surface area contributed by atoms with Crippen molar-refractivity contribution in [3.8, 4) is 5.75 Å². The molecule has 2 N–H and O–H groups in total. The summed E-state index contributed by atoms with van der Waals surface area (Å²) in [4.78, 5) is 2.16. The molecular formula is C21H29N3OS. The van der Waals surface area contributed by atoms with Crippen LogP contribution in [0.1, 0.15) is 36.9 Å². The zero-order valence-electron chi connectivity index (χ0n) is 16.2. The van der Waals surface area contributed by atoms with Crippen LogP contribution in [-0.2, 0) is 0 Å². The van der Waals surface area contributed by atoms with Gasteiger partial charge in [0, 0.05) is 17.8 Å². The van der Waals surface area contributed by atoms with Gasteiger partial charge in [-0.1, -0.05) is 44.2 Å². The number of likely N-dealkylation sites (N-methyl/N-ethyl adjacent to an activating group) is 1. The van der Waals surface area contributed by atoms with Gasteiger partial charge in [0.1, 0.15) is 5.75 Å².